The molecule has 1 atom stereocenters. The van der Waals surface area contributed by atoms with E-state index in [2.05, 4.69) is 15.4 Å². The average Bonchev–Trinajstić information content (AvgIpc) is 3.23. The van der Waals surface area contributed by atoms with Crippen LogP contribution in [0, 0.1) is 0 Å². The van der Waals surface area contributed by atoms with Crippen LogP contribution in [0.3, 0.4) is 0 Å². The van der Waals surface area contributed by atoms with E-state index in [0.29, 0.717) is 31.3 Å². The lowest BCUT2D eigenvalue weighted by Gasteiger charge is -2.25. The van der Waals surface area contributed by atoms with Crippen molar-refractivity contribution in [2.45, 2.75) is 43.3 Å². The first-order valence-corrected chi connectivity index (χ1v) is 11.0. The Balaban J connectivity index is 1.66. The van der Waals surface area contributed by atoms with E-state index >= 15 is 0 Å². The number of aliphatic hydroxyl groups excluding tert-OH is 1. The number of nitrogens with zero attached hydrogens (tertiary/aromatic N) is 5. The van der Waals surface area contributed by atoms with Crippen LogP contribution in [0.25, 0.3) is 0 Å². The first-order chi connectivity index (χ1) is 13.0. The van der Waals surface area contributed by atoms with E-state index in [1.807, 2.05) is 11.1 Å². The normalized spacial score (nSPS) is 20.1. The van der Waals surface area contributed by atoms with E-state index < -0.39 is 9.84 Å². The maximum Gasteiger partial charge on any atom is 0.226 e. The van der Waals surface area contributed by atoms with E-state index in [9.17, 15) is 13.5 Å². The monoisotopic (exact) mass is 392 g/mol. The highest BCUT2D eigenvalue weighted by Crippen LogP contribution is 2.31. The van der Waals surface area contributed by atoms with Crippen LogP contribution in [0.4, 0.5) is 5.95 Å². The maximum atomic E-state index is 12.2. The second kappa shape index (κ2) is 7.17. The second-order valence-corrected chi connectivity index (χ2v) is 9.14. The average molecular weight is 392 g/mol. The van der Waals surface area contributed by atoms with Crippen LogP contribution in [-0.4, -0.2) is 59.2 Å². The van der Waals surface area contributed by atoms with Gasteiger partial charge >= 0.3 is 0 Å². The van der Waals surface area contributed by atoms with Crippen LogP contribution in [0.15, 0.2) is 17.3 Å². The summed E-state index contributed by atoms with van der Waals surface area (Å²) in [6, 6.07) is 0. The molecule has 0 aromatic carbocycles. The molecule has 27 heavy (non-hydrogen) atoms. The van der Waals surface area contributed by atoms with E-state index in [4.69, 9.17) is 4.98 Å². The Morgan fingerprint density at radius 1 is 1.33 bits per heavy atom. The molecule has 0 spiro atoms. The van der Waals surface area contributed by atoms with Crippen molar-refractivity contribution in [1.82, 2.24) is 25.1 Å². The van der Waals surface area contributed by atoms with E-state index in [0.717, 1.165) is 37.2 Å². The number of nitrogens with one attached hydrogen (secondary N) is 1. The van der Waals surface area contributed by atoms with Gasteiger partial charge in [-0.05, 0) is 19.4 Å². The smallest absolute Gasteiger partial charge is 0.226 e. The van der Waals surface area contributed by atoms with Gasteiger partial charge in [0.15, 0.2) is 9.84 Å². The van der Waals surface area contributed by atoms with Crippen molar-refractivity contribution in [1.29, 1.82) is 0 Å². The first kappa shape index (κ1) is 18.3. The zero-order chi connectivity index (χ0) is 19.0. The van der Waals surface area contributed by atoms with Crippen LogP contribution in [0.1, 0.15) is 35.7 Å². The number of hydrogen-bond acceptors (Lipinski definition) is 8. The summed E-state index contributed by atoms with van der Waals surface area (Å²) >= 11 is 0. The summed E-state index contributed by atoms with van der Waals surface area (Å²) in [7, 11) is -3.39. The molecule has 1 saturated heterocycles. The molecule has 146 valence electrons. The van der Waals surface area contributed by atoms with E-state index in [-0.39, 0.29) is 17.4 Å². The zero-order valence-corrected chi connectivity index (χ0v) is 16.1. The SMILES string of the molecule is CS(=O)(=O)c1cnc(N2Cc3cnn(CCO)c3C2)nc1[C@@H]1CCCNC1. The molecule has 2 aliphatic rings. The number of piperidine rings is 1. The fourth-order valence-corrected chi connectivity index (χ4v) is 4.66. The van der Waals surface area contributed by atoms with E-state index in [1.54, 1.807) is 4.68 Å². The molecule has 2 N–H and O–H groups in total. The highest BCUT2D eigenvalue weighted by molar-refractivity contribution is 7.90. The number of aromatic nitrogens is 4. The Kier molecular flexibility index (Phi) is 4.87. The second-order valence-electron chi connectivity index (χ2n) is 7.15. The van der Waals surface area contributed by atoms with Crippen molar-refractivity contribution in [3.63, 3.8) is 0 Å². The fourth-order valence-electron chi connectivity index (χ4n) is 3.83. The van der Waals surface area contributed by atoms with Gasteiger partial charge in [-0.15, -0.1) is 0 Å². The van der Waals surface area contributed by atoms with Crippen LogP contribution >= 0.6 is 0 Å². The number of anilines is 1. The van der Waals surface area contributed by atoms with Crippen LogP contribution in [0.2, 0.25) is 0 Å². The molecule has 2 aromatic heterocycles. The Hall–Kier alpha value is -2.04. The Morgan fingerprint density at radius 2 is 2.19 bits per heavy atom. The minimum atomic E-state index is -3.39. The Bertz CT molecular complexity index is 936. The number of fused-ring (bicyclic) bond motifs is 1. The Morgan fingerprint density at radius 3 is 2.89 bits per heavy atom. The van der Waals surface area contributed by atoms with Crippen LogP contribution < -0.4 is 10.2 Å². The third-order valence-electron chi connectivity index (χ3n) is 5.18. The minimum absolute atomic E-state index is 0.0342. The molecule has 4 heterocycles. The standard InChI is InChI=1S/C17H24N6O3S/c1-27(25,26)15-9-19-17(21-16(15)12-3-2-4-18-7-12)22-10-13-8-20-23(5-6-24)14(13)11-22/h8-9,12,18,24H,2-7,10-11H2,1H3/t12-/m1/s1. The van der Waals surface area contributed by atoms with Crippen molar-refractivity contribution in [3.05, 3.63) is 29.3 Å². The quantitative estimate of drug-likeness (QED) is 0.734. The molecule has 0 radical (unpaired) electrons. The number of hydrogen-bond donors (Lipinski definition) is 2. The molecule has 4 rings (SSSR count). The van der Waals surface area contributed by atoms with Gasteiger partial charge in [-0.3, -0.25) is 4.68 Å². The molecule has 0 aliphatic carbocycles. The third kappa shape index (κ3) is 3.56. The zero-order valence-electron chi connectivity index (χ0n) is 15.3. The van der Waals surface area contributed by atoms with Crippen LogP contribution in [0.5, 0.6) is 0 Å². The van der Waals surface area contributed by atoms with Gasteiger partial charge in [0.25, 0.3) is 0 Å². The highest BCUT2D eigenvalue weighted by atomic mass is 32.2. The van der Waals surface area contributed by atoms with Gasteiger partial charge in [0.2, 0.25) is 5.95 Å². The molecule has 0 bridgehead atoms. The summed E-state index contributed by atoms with van der Waals surface area (Å²) in [5.74, 6) is 0.606. The Labute approximate surface area is 158 Å². The lowest BCUT2D eigenvalue weighted by atomic mass is 9.96. The van der Waals surface area contributed by atoms with Gasteiger partial charge in [-0.1, -0.05) is 0 Å². The number of sulfone groups is 1. The maximum absolute atomic E-state index is 12.2. The molecular formula is C17H24N6O3S. The van der Waals surface area contributed by atoms with Crippen molar-refractivity contribution in [3.8, 4) is 0 Å². The molecule has 1 fully saturated rings. The van der Waals surface area contributed by atoms with Gasteiger partial charge in [0.1, 0.15) is 4.90 Å². The summed E-state index contributed by atoms with van der Waals surface area (Å²) in [6.07, 6.45) is 6.38. The number of rotatable bonds is 5. The van der Waals surface area contributed by atoms with Gasteiger partial charge < -0.3 is 15.3 Å². The first-order valence-electron chi connectivity index (χ1n) is 9.14. The molecule has 0 unspecified atom stereocenters. The summed E-state index contributed by atoms with van der Waals surface area (Å²) in [6.45, 7) is 3.38. The van der Waals surface area contributed by atoms with Crippen LogP contribution in [-0.2, 0) is 29.5 Å². The summed E-state index contributed by atoms with van der Waals surface area (Å²) in [4.78, 5) is 11.3. The van der Waals surface area contributed by atoms with Crippen molar-refractivity contribution in [2.24, 2.45) is 0 Å². The summed E-state index contributed by atoms with van der Waals surface area (Å²) in [5, 5.41) is 16.8. The molecule has 0 amide bonds. The van der Waals surface area contributed by atoms with E-state index in [1.165, 1.54) is 12.5 Å². The van der Waals surface area contributed by atoms with Crippen molar-refractivity contribution in [2.75, 3.05) is 30.9 Å². The third-order valence-corrected chi connectivity index (χ3v) is 6.30. The molecule has 10 heteroatoms. The topological polar surface area (TPSA) is 113 Å². The molecule has 2 aliphatic heterocycles. The molecule has 9 nitrogen and oxygen atoms in total. The summed E-state index contributed by atoms with van der Waals surface area (Å²) in [5.41, 5.74) is 2.74. The molecule has 2 aromatic rings. The highest BCUT2D eigenvalue weighted by Gasteiger charge is 2.29. The van der Waals surface area contributed by atoms with Crippen molar-refractivity contribution < 1.29 is 13.5 Å². The summed E-state index contributed by atoms with van der Waals surface area (Å²) < 4.78 is 26.3. The van der Waals surface area contributed by atoms with Gasteiger partial charge in [0.05, 0.1) is 43.5 Å². The fraction of sp³-hybridized carbons (Fsp3) is 0.588. The lowest BCUT2D eigenvalue weighted by Crippen LogP contribution is -2.30. The van der Waals surface area contributed by atoms with Gasteiger partial charge in [-0.2, -0.15) is 5.10 Å². The van der Waals surface area contributed by atoms with Gasteiger partial charge in [0, 0.05) is 30.8 Å². The number of aliphatic hydroxyl groups is 1. The predicted octanol–water partition coefficient (Wildman–Crippen LogP) is 0.0561. The lowest BCUT2D eigenvalue weighted by molar-refractivity contribution is 0.267. The van der Waals surface area contributed by atoms with Crippen molar-refractivity contribution >= 4 is 15.8 Å². The molecular weight excluding hydrogens is 368 g/mol. The van der Waals surface area contributed by atoms with Gasteiger partial charge in [-0.25, -0.2) is 18.4 Å². The predicted molar refractivity (Wildman–Crippen MR) is 99.2 cm³/mol. The minimum Gasteiger partial charge on any atom is -0.394 e. The molecule has 0 saturated carbocycles. The largest absolute Gasteiger partial charge is 0.394 e.